The first kappa shape index (κ1) is 11.6. The number of nitrogens with one attached hydrogen (secondary N) is 2. The summed E-state index contributed by atoms with van der Waals surface area (Å²) in [6, 6.07) is 6.26. The second kappa shape index (κ2) is 6.08. The van der Waals surface area contributed by atoms with Crippen molar-refractivity contribution in [3.05, 3.63) is 21.8 Å². The number of benzene rings is 1. The van der Waals surface area contributed by atoms with Crippen LogP contribution in [-0.4, -0.2) is 27.3 Å². The van der Waals surface area contributed by atoms with Crippen LogP contribution in [0.5, 0.6) is 0 Å². The van der Waals surface area contributed by atoms with E-state index in [2.05, 4.69) is 51.4 Å². The molecule has 0 unspecified atom stereocenters. The van der Waals surface area contributed by atoms with E-state index in [1.807, 2.05) is 7.05 Å². The molecular weight excluding hydrogens is 291 g/mol. The number of ether oxygens (including phenoxy) is 1. The van der Waals surface area contributed by atoms with E-state index in [4.69, 9.17) is 4.74 Å². The van der Waals surface area contributed by atoms with Crippen molar-refractivity contribution >= 4 is 34.0 Å². The molecule has 1 rings (SSSR count). The molecule has 0 fully saturated rings. The van der Waals surface area contributed by atoms with Gasteiger partial charge in [0.25, 0.3) is 0 Å². The number of hydrogen-bond acceptors (Lipinski definition) is 3. The Labute approximate surface area is 98.4 Å². The fourth-order valence-corrected chi connectivity index (χ4v) is 1.66. The zero-order chi connectivity index (χ0) is 10.4. The molecule has 0 saturated heterocycles. The van der Waals surface area contributed by atoms with Gasteiger partial charge in [0.15, 0.2) is 0 Å². The van der Waals surface area contributed by atoms with Gasteiger partial charge in [0.05, 0.1) is 18.0 Å². The first-order valence-corrected chi connectivity index (χ1v) is 5.56. The van der Waals surface area contributed by atoms with Crippen molar-refractivity contribution in [2.45, 2.75) is 0 Å². The Hall–Kier alpha value is -0.490. The van der Waals surface area contributed by atoms with Crippen molar-refractivity contribution in [2.75, 3.05) is 37.9 Å². The highest BCUT2D eigenvalue weighted by Gasteiger charge is 2.00. The predicted octanol–water partition coefficient (Wildman–Crippen LogP) is 2.39. The smallest absolute Gasteiger partial charge is 0.0635 e. The van der Waals surface area contributed by atoms with Gasteiger partial charge in [-0.1, -0.05) is 0 Å². The molecule has 0 heterocycles. The highest BCUT2D eigenvalue weighted by molar-refractivity contribution is 14.1. The van der Waals surface area contributed by atoms with Crippen LogP contribution in [0.15, 0.2) is 18.2 Å². The van der Waals surface area contributed by atoms with Gasteiger partial charge in [0.1, 0.15) is 0 Å². The van der Waals surface area contributed by atoms with E-state index >= 15 is 0 Å². The largest absolute Gasteiger partial charge is 0.386 e. The molecule has 0 amide bonds. The molecule has 0 spiro atoms. The summed E-state index contributed by atoms with van der Waals surface area (Å²) in [4.78, 5) is 0. The zero-order valence-electron chi connectivity index (χ0n) is 8.43. The van der Waals surface area contributed by atoms with Crippen molar-refractivity contribution < 1.29 is 4.74 Å². The van der Waals surface area contributed by atoms with Crippen LogP contribution in [-0.2, 0) is 4.74 Å². The van der Waals surface area contributed by atoms with Crippen LogP contribution in [0.4, 0.5) is 11.4 Å². The van der Waals surface area contributed by atoms with Crippen molar-refractivity contribution in [3.63, 3.8) is 0 Å². The van der Waals surface area contributed by atoms with Gasteiger partial charge < -0.3 is 15.4 Å². The average Bonchev–Trinajstić information content (AvgIpc) is 2.19. The first-order chi connectivity index (χ1) is 6.77. The van der Waals surface area contributed by atoms with Crippen molar-refractivity contribution in [3.8, 4) is 0 Å². The third-order valence-corrected chi connectivity index (χ3v) is 2.54. The Balaban J connectivity index is 2.67. The lowest BCUT2D eigenvalue weighted by Gasteiger charge is -2.11. The molecule has 0 aliphatic rings. The standard InChI is InChI=1S/C10H15IN2O/c1-12-9-4-3-8(11)7-10(9)13-5-6-14-2/h3-4,7,12-13H,5-6H2,1-2H3. The van der Waals surface area contributed by atoms with Gasteiger partial charge in [-0.15, -0.1) is 0 Å². The van der Waals surface area contributed by atoms with E-state index in [0.717, 1.165) is 17.9 Å². The lowest BCUT2D eigenvalue weighted by atomic mass is 10.2. The van der Waals surface area contributed by atoms with Crippen LogP contribution in [0.3, 0.4) is 0 Å². The van der Waals surface area contributed by atoms with E-state index in [-0.39, 0.29) is 0 Å². The molecule has 2 N–H and O–H groups in total. The molecule has 0 radical (unpaired) electrons. The first-order valence-electron chi connectivity index (χ1n) is 4.48. The van der Waals surface area contributed by atoms with Crippen LogP contribution in [0.25, 0.3) is 0 Å². The maximum Gasteiger partial charge on any atom is 0.0635 e. The number of anilines is 2. The van der Waals surface area contributed by atoms with Crippen LogP contribution in [0.2, 0.25) is 0 Å². The van der Waals surface area contributed by atoms with Crippen LogP contribution in [0.1, 0.15) is 0 Å². The summed E-state index contributed by atoms with van der Waals surface area (Å²) in [6.45, 7) is 1.54. The predicted molar refractivity (Wildman–Crippen MR) is 69.1 cm³/mol. The van der Waals surface area contributed by atoms with Crippen molar-refractivity contribution in [1.82, 2.24) is 0 Å². The highest BCUT2D eigenvalue weighted by Crippen LogP contribution is 2.23. The number of methoxy groups -OCH3 is 1. The molecular formula is C10H15IN2O. The van der Waals surface area contributed by atoms with Crippen LogP contribution < -0.4 is 10.6 Å². The normalized spacial score (nSPS) is 9.93. The van der Waals surface area contributed by atoms with Gasteiger partial charge in [0.2, 0.25) is 0 Å². The summed E-state index contributed by atoms with van der Waals surface area (Å²) < 4.78 is 6.21. The number of hydrogen-bond donors (Lipinski definition) is 2. The zero-order valence-corrected chi connectivity index (χ0v) is 10.6. The van der Waals surface area contributed by atoms with Gasteiger partial charge in [0, 0.05) is 24.3 Å². The Morgan fingerprint density at radius 1 is 1.36 bits per heavy atom. The lowest BCUT2D eigenvalue weighted by Crippen LogP contribution is -2.09. The van der Waals surface area contributed by atoms with E-state index in [9.17, 15) is 0 Å². The van der Waals surface area contributed by atoms with E-state index in [1.54, 1.807) is 7.11 Å². The third-order valence-electron chi connectivity index (χ3n) is 1.87. The summed E-state index contributed by atoms with van der Waals surface area (Å²) in [5, 5.41) is 6.46. The van der Waals surface area contributed by atoms with Crippen LogP contribution in [0, 0.1) is 3.57 Å². The van der Waals surface area contributed by atoms with Gasteiger partial charge in [-0.3, -0.25) is 0 Å². The van der Waals surface area contributed by atoms with E-state index in [0.29, 0.717) is 6.61 Å². The Morgan fingerprint density at radius 2 is 2.14 bits per heavy atom. The molecule has 0 aliphatic heterocycles. The Morgan fingerprint density at radius 3 is 2.79 bits per heavy atom. The quantitative estimate of drug-likeness (QED) is 0.647. The molecule has 0 bridgehead atoms. The van der Waals surface area contributed by atoms with E-state index < -0.39 is 0 Å². The molecule has 14 heavy (non-hydrogen) atoms. The minimum atomic E-state index is 0.717. The molecule has 3 nitrogen and oxygen atoms in total. The van der Waals surface area contributed by atoms with E-state index in [1.165, 1.54) is 3.57 Å². The van der Waals surface area contributed by atoms with Gasteiger partial charge >= 0.3 is 0 Å². The minimum absolute atomic E-state index is 0.717. The second-order valence-corrected chi connectivity index (χ2v) is 4.11. The Kier molecular flexibility index (Phi) is 5.03. The molecule has 1 aromatic rings. The fraction of sp³-hybridized carbons (Fsp3) is 0.400. The molecule has 0 saturated carbocycles. The van der Waals surface area contributed by atoms with Crippen molar-refractivity contribution in [2.24, 2.45) is 0 Å². The van der Waals surface area contributed by atoms with Gasteiger partial charge in [-0.25, -0.2) is 0 Å². The van der Waals surface area contributed by atoms with Gasteiger partial charge in [-0.2, -0.15) is 0 Å². The summed E-state index contributed by atoms with van der Waals surface area (Å²) in [5.74, 6) is 0. The second-order valence-electron chi connectivity index (χ2n) is 2.86. The number of rotatable bonds is 5. The maximum atomic E-state index is 4.98. The summed E-state index contributed by atoms with van der Waals surface area (Å²) in [6.07, 6.45) is 0. The van der Waals surface area contributed by atoms with Crippen LogP contribution >= 0.6 is 22.6 Å². The molecule has 0 aliphatic carbocycles. The lowest BCUT2D eigenvalue weighted by molar-refractivity contribution is 0.211. The van der Waals surface area contributed by atoms with Crippen molar-refractivity contribution in [1.29, 1.82) is 0 Å². The summed E-state index contributed by atoms with van der Waals surface area (Å²) >= 11 is 2.30. The monoisotopic (exact) mass is 306 g/mol. The highest BCUT2D eigenvalue weighted by atomic mass is 127. The third kappa shape index (κ3) is 3.34. The SMILES string of the molecule is CNc1ccc(I)cc1NCCOC. The Bertz CT molecular complexity index is 291. The average molecular weight is 306 g/mol. The number of halogens is 1. The molecule has 0 aromatic heterocycles. The maximum absolute atomic E-state index is 4.98. The minimum Gasteiger partial charge on any atom is -0.386 e. The summed E-state index contributed by atoms with van der Waals surface area (Å²) in [5.41, 5.74) is 2.23. The summed E-state index contributed by atoms with van der Waals surface area (Å²) in [7, 11) is 3.62. The molecule has 78 valence electrons. The van der Waals surface area contributed by atoms with Gasteiger partial charge in [-0.05, 0) is 40.8 Å². The fourth-order valence-electron chi connectivity index (χ4n) is 1.17. The molecule has 4 heteroatoms. The molecule has 0 atom stereocenters. The topological polar surface area (TPSA) is 33.3 Å². The molecule has 1 aromatic carbocycles.